The van der Waals surface area contributed by atoms with Gasteiger partial charge >= 0.3 is 0 Å². The van der Waals surface area contributed by atoms with Crippen LogP contribution < -0.4 is 0 Å². The van der Waals surface area contributed by atoms with Gasteiger partial charge in [0.1, 0.15) is 12.4 Å². The first-order chi connectivity index (χ1) is 11.0. The smallest absolute Gasteiger partial charge is 0.249 e. The molecule has 0 bridgehead atoms. The second-order valence-electron chi connectivity index (χ2n) is 5.87. The number of hydrogen-bond donors (Lipinski definition) is 1. The number of carbonyl (C=O) groups is 2. The van der Waals surface area contributed by atoms with Gasteiger partial charge in [0.15, 0.2) is 0 Å². The standard InChI is InChI=1S/C16H19FN2O4/c17-12-3-1-11(2-4-12)14-7-13(20)8-19(14)15(21)9-18-5-6-23-10-16(18)22/h1-4,13-14,20H,5-10H2/t13-,14+/m1/s1. The van der Waals surface area contributed by atoms with Crippen molar-refractivity contribution in [1.82, 2.24) is 9.80 Å². The molecule has 0 aromatic heterocycles. The molecule has 0 aliphatic carbocycles. The Morgan fingerprint density at radius 3 is 2.78 bits per heavy atom. The monoisotopic (exact) mass is 322 g/mol. The number of morpholine rings is 1. The Morgan fingerprint density at radius 1 is 1.35 bits per heavy atom. The molecule has 1 aromatic rings. The third kappa shape index (κ3) is 3.51. The van der Waals surface area contributed by atoms with E-state index in [1.807, 2.05) is 0 Å². The zero-order valence-electron chi connectivity index (χ0n) is 12.7. The van der Waals surface area contributed by atoms with Crippen molar-refractivity contribution in [1.29, 1.82) is 0 Å². The fraction of sp³-hybridized carbons (Fsp3) is 0.500. The number of aliphatic hydroxyl groups is 1. The lowest BCUT2D eigenvalue weighted by Gasteiger charge is -2.30. The Kier molecular flexibility index (Phi) is 4.58. The van der Waals surface area contributed by atoms with Crippen LogP contribution in [0.4, 0.5) is 4.39 Å². The highest BCUT2D eigenvalue weighted by Gasteiger charge is 2.36. The number of nitrogens with zero attached hydrogens (tertiary/aromatic N) is 2. The summed E-state index contributed by atoms with van der Waals surface area (Å²) in [5, 5.41) is 9.92. The van der Waals surface area contributed by atoms with Gasteiger partial charge in [0, 0.05) is 13.1 Å². The molecule has 0 radical (unpaired) electrons. The lowest BCUT2D eigenvalue weighted by Crippen LogP contribution is -2.48. The van der Waals surface area contributed by atoms with Crippen molar-refractivity contribution in [2.24, 2.45) is 0 Å². The molecule has 2 aliphatic rings. The molecule has 2 aliphatic heterocycles. The van der Waals surface area contributed by atoms with Crippen LogP contribution in [0.25, 0.3) is 0 Å². The fourth-order valence-corrected chi connectivity index (χ4v) is 3.06. The number of aliphatic hydroxyl groups excluding tert-OH is 1. The van der Waals surface area contributed by atoms with Gasteiger partial charge in [-0.3, -0.25) is 9.59 Å². The number of likely N-dealkylation sites (tertiary alicyclic amines) is 1. The van der Waals surface area contributed by atoms with E-state index in [-0.39, 0.29) is 43.4 Å². The Labute approximate surface area is 133 Å². The van der Waals surface area contributed by atoms with Gasteiger partial charge in [0.05, 0.1) is 25.3 Å². The van der Waals surface area contributed by atoms with E-state index in [0.717, 1.165) is 5.56 Å². The summed E-state index contributed by atoms with van der Waals surface area (Å²) >= 11 is 0. The number of ether oxygens (including phenoxy) is 1. The molecular weight excluding hydrogens is 303 g/mol. The van der Waals surface area contributed by atoms with Crippen LogP contribution >= 0.6 is 0 Å². The van der Waals surface area contributed by atoms with Crippen LogP contribution in [0.5, 0.6) is 0 Å². The number of rotatable bonds is 3. The lowest BCUT2D eigenvalue weighted by atomic mass is 10.0. The number of amides is 2. The van der Waals surface area contributed by atoms with E-state index < -0.39 is 6.10 Å². The second kappa shape index (κ2) is 6.64. The normalized spacial score (nSPS) is 25.0. The maximum atomic E-state index is 13.1. The summed E-state index contributed by atoms with van der Waals surface area (Å²) in [5.74, 6) is -0.766. The Morgan fingerprint density at radius 2 is 2.09 bits per heavy atom. The topological polar surface area (TPSA) is 70.1 Å². The molecule has 124 valence electrons. The van der Waals surface area contributed by atoms with Crippen LogP contribution in [0.15, 0.2) is 24.3 Å². The predicted octanol–water partition coefficient (Wildman–Crippen LogP) is 0.319. The van der Waals surface area contributed by atoms with Crippen LogP contribution in [-0.4, -0.2) is 65.7 Å². The number of halogens is 1. The van der Waals surface area contributed by atoms with Gasteiger partial charge in [-0.25, -0.2) is 4.39 Å². The molecule has 7 heteroatoms. The maximum absolute atomic E-state index is 13.1. The maximum Gasteiger partial charge on any atom is 0.249 e. The highest BCUT2D eigenvalue weighted by molar-refractivity contribution is 5.86. The molecule has 0 saturated carbocycles. The summed E-state index contributed by atoms with van der Waals surface area (Å²) in [6.45, 7) is 1.01. The number of β-amino-alcohol motifs (C(OH)–C–C–N with tert-alkyl or cyclic N) is 1. The molecule has 0 unspecified atom stereocenters. The first-order valence-corrected chi connectivity index (χ1v) is 7.63. The summed E-state index contributed by atoms with van der Waals surface area (Å²) in [4.78, 5) is 27.3. The number of benzene rings is 1. The SMILES string of the molecule is O=C1COCCN1CC(=O)N1C[C@H](O)C[C@H]1c1ccc(F)cc1. The molecule has 2 saturated heterocycles. The summed E-state index contributed by atoms with van der Waals surface area (Å²) < 4.78 is 18.1. The summed E-state index contributed by atoms with van der Waals surface area (Å²) in [7, 11) is 0. The van der Waals surface area contributed by atoms with Gasteiger partial charge in [0.25, 0.3) is 0 Å². The highest BCUT2D eigenvalue weighted by Crippen LogP contribution is 2.32. The molecular formula is C16H19FN2O4. The molecule has 0 spiro atoms. The van der Waals surface area contributed by atoms with Crippen LogP contribution in [-0.2, 0) is 14.3 Å². The van der Waals surface area contributed by atoms with Crippen molar-refractivity contribution >= 4 is 11.8 Å². The molecule has 2 fully saturated rings. The molecule has 3 rings (SSSR count). The third-order valence-electron chi connectivity index (χ3n) is 4.26. The minimum atomic E-state index is -0.616. The van der Waals surface area contributed by atoms with Crippen molar-refractivity contribution < 1.29 is 23.8 Å². The van der Waals surface area contributed by atoms with Crippen molar-refractivity contribution in [3.05, 3.63) is 35.6 Å². The van der Waals surface area contributed by atoms with Crippen LogP contribution in [0.1, 0.15) is 18.0 Å². The van der Waals surface area contributed by atoms with Crippen molar-refractivity contribution in [2.45, 2.75) is 18.6 Å². The van der Waals surface area contributed by atoms with Gasteiger partial charge < -0.3 is 19.6 Å². The number of carbonyl (C=O) groups excluding carboxylic acids is 2. The Bertz CT molecular complexity index is 592. The first kappa shape index (κ1) is 15.9. The van der Waals surface area contributed by atoms with Crippen LogP contribution in [0.2, 0.25) is 0 Å². The van der Waals surface area contributed by atoms with Crippen LogP contribution in [0, 0.1) is 5.82 Å². The van der Waals surface area contributed by atoms with Gasteiger partial charge in [-0.1, -0.05) is 12.1 Å². The van der Waals surface area contributed by atoms with E-state index in [1.54, 1.807) is 17.0 Å². The largest absolute Gasteiger partial charge is 0.391 e. The predicted molar refractivity (Wildman–Crippen MR) is 78.9 cm³/mol. The van der Waals surface area contributed by atoms with Crippen LogP contribution in [0.3, 0.4) is 0 Å². The van der Waals surface area contributed by atoms with Gasteiger partial charge in [0.2, 0.25) is 11.8 Å². The minimum absolute atomic E-state index is 0.00268. The molecule has 1 aromatic carbocycles. The first-order valence-electron chi connectivity index (χ1n) is 7.63. The Balaban J connectivity index is 1.72. The highest BCUT2D eigenvalue weighted by atomic mass is 19.1. The zero-order chi connectivity index (χ0) is 16.4. The van der Waals surface area contributed by atoms with E-state index in [4.69, 9.17) is 4.74 Å². The second-order valence-corrected chi connectivity index (χ2v) is 5.87. The van der Waals surface area contributed by atoms with Crippen molar-refractivity contribution in [2.75, 3.05) is 32.8 Å². The molecule has 23 heavy (non-hydrogen) atoms. The summed E-state index contributed by atoms with van der Waals surface area (Å²) in [5.41, 5.74) is 0.782. The summed E-state index contributed by atoms with van der Waals surface area (Å²) in [6, 6.07) is 5.63. The fourth-order valence-electron chi connectivity index (χ4n) is 3.06. The minimum Gasteiger partial charge on any atom is -0.391 e. The van der Waals surface area contributed by atoms with Crippen molar-refractivity contribution in [3.63, 3.8) is 0 Å². The van der Waals surface area contributed by atoms with Gasteiger partial charge in [-0.15, -0.1) is 0 Å². The van der Waals surface area contributed by atoms with E-state index in [0.29, 0.717) is 19.6 Å². The molecule has 2 atom stereocenters. The quantitative estimate of drug-likeness (QED) is 0.870. The van der Waals surface area contributed by atoms with Gasteiger partial charge in [-0.05, 0) is 24.1 Å². The number of hydrogen-bond acceptors (Lipinski definition) is 4. The van der Waals surface area contributed by atoms with Gasteiger partial charge in [-0.2, -0.15) is 0 Å². The van der Waals surface area contributed by atoms with Crippen molar-refractivity contribution in [3.8, 4) is 0 Å². The summed E-state index contributed by atoms with van der Waals surface area (Å²) in [6.07, 6.45) is -0.205. The van der Waals surface area contributed by atoms with E-state index in [2.05, 4.69) is 0 Å². The van der Waals surface area contributed by atoms with E-state index in [1.165, 1.54) is 17.0 Å². The molecule has 1 N–H and O–H groups in total. The molecule has 6 nitrogen and oxygen atoms in total. The average Bonchev–Trinajstić information content (AvgIpc) is 2.92. The molecule has 2 amide bonds. The average molecular weight is 322 g/mol. The van der Waals surface area contributed by atoms with E-state index in [9.17, 15) is 19.1 Å². The molecule has 2 heterocycles. The Hall–Kier alpha value is -1.99. The third-order valence-corrected chi connectivity index (χ3v) is 4.26. The zero-order valence-corrected chi connectivity index (χ0v) is 12.7. The van der Waals surface area contributed by atoms with E-state index >= 15 is 0 Å². The lowest BCUT2D eigenvalue weighted by molar-refractivity contribution is -0.148.